The highest BCUT2D eigenvalue weighted by Crippen LogP contribution is 2.17. The van der Waals surface area contributed by atoms with Crippen molar-refractivity contribution in [3.63, 3.8) is 0 Å². The molecule has 0 spiro atoms. The molecule has 2 aromatic rings. The van der Waals surface area contributed by atoms with E-state index in [4.69, 9.17) is 4.74 Å². The molecule has 0 amide bonds. The Hall–Kier alpha value is -1.64. The molecule has 2 rings (SSSR count). The van der Waals surface area contributed by atoms with E-state index in [9.17, 15) is 0 Å². The maximum atomic E-state index is 5.01. The van der Waals surface area contributed by atoms with Gasteiger partial charge in [0.25, 0.3) is 0 Å². The van der Waals surface area contributed by atoms with Crippen molar-refractivity contribution in [2.45, 2.75) is 6.92 Å². The number of benzene rings is 2. The van der Waals surface area contributed by atoms with Crippen molar-refractivity contribution in [1.29, 1.82) is 0 Å². The van der Waals surface area contributed by atoms with E-state index in [1.165, 1.54) is 21.9 Å². The summed E-state index contributed by atoms with van der Waals surface area (Å²) in [7, 11) is 1.72. The van der Waals surface area contributed by atoms with Gasteiger partial charge in [-0.2, -0.15) is 0 Å². The Morgan fingerprint density at radius 2 is 1.95 bits per heavy atom. The predicted molar refractivity (Wildman–Crippen MR) is 82.3 cm³/mol. The molecule has 0 saturated heterocycles. The highest BCUT2D eigenvalue weighted by Gasteiger charge is 1.95. The Bertz CT molecular complexity index is 560. The maximum absolute atomic E-state index is 5.01. The molecule has 2 nitrogen and oxygen atoms in total. The lowest BCUT2D eigenvalue weighted by Crippen LogP contribution is -2.20. The van der Waals surface area contributed by atoms with E-state index < -0.39 is 0 Å². The fourth-order valence-corrected chi connectivity index (χ4v) is 2.09. The smallest absolute Gasteiger partial charge is 0.0587 e. The van der Waals surface area contributed by atoms with Gasteiger partial charge in [-0.25, -0.2) is 0 Å². The van der Waals surface area contributed by atoms with Gasteiger partial charge in [-0.3, -0.25) is 0 Å². The van der Waals surface area contributed by atoms with Crippen LogP contribution in [0.5, 0.6) is 0 Å². The largest absolute Gasteiger partial charge is 0.383 e. The van der Waals surface area contributed by atoms with Crippen LogP contribution in [0.2, 0.25) is 0 Å². The van der Waals surface area contributed by atoms with Gasteiger partial charge in [0.05, 0.1) is 6.61 Å². The number of hydrogen-bond acceptors (Lipinski definition) is 2. The second kappa shape index (κ2) is 7.07. The highest BCUT2D eigenvalue weighted by atomic mass is 16.5. The van der Waals surface area contributed by atoms with Crippen molar-refractivity contribution < 1.29 is 4.74 Å². The lowest BCUT2D eigenvalue weighted by atomic mass is 10.1. The van der Waals surface area contributed by atoms with E-state index >= 15 is 0 Å². The summed E-state index contributed by atoms with van der Waals surface area (Å²) in [5, 5.41) is 5.93. The molecule has 0 atom stereocenters. The molecule has 19 heavy (non-hydrogen) atoms. The minimum Gasteiger partial charge on any atom is -0.383 e. The molecular weight excluding hydrogens is 234 g/mol. The Morgan fingerprint density at radius 3 is 2.74 bits per heavy atom. The Labute approximate surface area is 115 Å². The number of fused-ring (bicyclic) bond motifs is 1. The average molecular weight is 255 g/mol. The first-order valence-electron chi connectivity index (χ1n) is 6.65. The number of hydrogen-bond donors (Lipinski definition) is 1. The summed E-state index contributed by atoms with van der Waals surface area (Å²) < 4.78 is 5.01. The van der Waals surface area contributed by atoms with Crippen molar-refractivity contribution >= 4 is 16.8 Å². The summed E-state index contributed by atoms with van der Waals surface area (Å²) in [5.74, 6) is 0. The van der Waals surface area contributed by atoms with Gasteiger partial charge in [0, 0.05) is 20.2 Å². The molecule has 0 heterocycles. The predicted octanol–water partition coefficient (Wildman–Crippen LogP) is 3.48. The number of nitrogens with one attached hydrogen (secondary N) is 1. The summed E-state index contributed by atoms with van der Waals surface area (Å²) in [6, 6.07) is 15.0. The van der Waals surface area contributed by atoms with E-state index in [1.807, 2.05) is 0 Å². The topological polar surface area (TPSA) is 21.3 Å². The minimum absolute atomic E-state index is 0.753. The maximum Gasteiger partial charge on any atom is 0.0587 e. The molecule has 2 aromatic carbocycles. The molecule has 0 aromatic heterocycles. The van der Waals surface area contributed by atoms with Gasteiger partial charge in [0.15, 0.2) is 0 Å². The first-order valence-corrected chi connectivity index (χ1v) is 6.65. The molecule has 0 saturated carbocycles. The van der Waals surface area contributed by atoms with Gasteiger partial charge in [-0.05, 0) is 29.3 Å². The normalized spacial score (nSPS) is 12.0. The van der Waals surface area contributed by atoms with Crippen LogP contribution in [0.15, 0.2) is 48.0 Å². The molecule has 0 unspecified atom stereocenters. The van der Waals surface area contributed by atoms with Gasteiger partial charge >= 0.3 is 0 Å². The SMILES string of the molecule is COCCNCC(C)=Cc1ccc2ccccc2c1. The molecule has 100 valence electrons. The third-order valence-corrected chi connectivity index (χ3v) is 3.07. The summed E-state index contributed by atoms with van der Waals surface area (Å²) in [4.78, 5) is 0. The van der Waals surface area contributed by atoms with E-state index in [0.29, 0.717) is 0 Å². The van der Waals surface area contributed by atoms with Crippen LogP contribution in [0, 0.1) is 0 Å². The van der Waals surface area contributed by atoms with Crippen LogP contribution in [0.1, 0.15) is 12.5 Å². The summed E-state index contributed by atoms with van der Waals surface area (Å²) in [5.41, 5.74) is 2.58. The molecule has 2 heteroatoms. The van der Waals surface area contributed by atoms with E-state index in [2.05, 4.69) is 60.8 Å². The zero-order valence-electron chi connectivity index (χ0n) is 11.6. The van der Waals surface area contributed by atoms with Gasteiger partial charge in [0.2, 0.25) is 0 Å². The number of methoxy groups -OCH3 is 1. The van der Waals surface area contributed by atoms with Crippen LogP contribution in [0.25, 0.3) is 16.8 Å². The molecule has 0 aliphatic heterocycles. The average Bonchev–Trinajstić information content (AvgIpc) is 2.43. The van der Waals surface area contributed by atoms with Gasteiger partial charge < -0.3 is 10.1 Å². The molecule has 0 radical (unpaired) electrons. The van der Waals surface area contributed by atoms with Crippen LogP contribution < -0.4 is 5.32 Å². The Morgan fingerprint density at radius 1 is 1.16 bits per heavy atom. The second-order valence-electron chi connectivity index (χ2n) is 4.77. The summed E-state index contributed by atoms with van der Waals surface area (Å²) in [6.45, 7) is 4.69. The van der Waals surface area contributed by atoms with Crippen LogP contribution in [-0.2, 0) is 4.74 Å². The third-order valence-electron chi connectivity index (χ3n) is 3.07. The van der Waals surface area contributed by atoms with Crippen molar-refractivity contribution in [3.05, 3.63) is 53.6 Å². The summed E-state index contributed by atoms with van der Waals surface area (Å²) >= 11 is 0. The molecule has 0 bridgehead atoms. The van der Waals surface area contributed by atoms with Gasteiger partial charge in [-0.1, -0.05) is 48.0 Å². The van der Waals surface area contributed by atoms with Crippen LogP contribution in [0.4, 0.5) is 0 Å². The fraction of sp³-hybridized carbons (Fsp3) is 0.294. The zero-order valence-corrected chi connectivity index (χ0v) is 11.6. The van der Waals surface area contributed by atoms with E-state index in [0.717, 1.165) is 19.7 Å². The van der Waals surface area contributed by atoms with Crippen molar-refractivity contribution in [1.82, 2.24) is 5.32 Å². The molecule has 0 fully saturated rings. The molecule has 0 aliphatic carbocycles. The molecule has 1 N–H and O–H groups in total. The standard InChI is InChI=1S/C17H21NO/c1-14(13-18-9-10-19-2)11-15-7-8-16-5-3-4-6-17(16)12-15/h3-8,11-12,18H,9-10,13H2,1-2H3. The highest BCUT2D eigenvalue weighted by molar-refractivity contribution is 5.84. The van der Waals surface area contributed by atoms with Crippen LogP contribution in [-0.4, -0.2) is 26.8 Å². The monoisotopic (exact) mass is 255 g/mol. The Kier molecular flexibility index (Phi) is 5.13. The Balaban J connectivity index is 2.03. The lowest BCUT2D eigenvalue weighted by Gasteiger charge is -2.05. The van der Waals surface area contributed by atoms with Crippen molar-refractivity contribution in [2.24, 2.45) is 0 Å². The lowest BCUT2D eigenvalue weighted by molar-refractivity contribution is 0.200. The minimum atomic E-state index is 0.753. The second-order valence-corrected chi connectivity index (χ2v) is 4.77. The molecule has 0 aliphatic rings. The van der Waals surface area contributed by atoms with Crippen LogP contribution >= 0.6 is 0 Å². The van der Waals surface area contributed by atoms with E-state index in [-0.39, 0.29) is 0 Å². The fourth-order valence-electron chi connectivity index (χ4n) is 2.09. The molecular formula is C17H21NO. The number of ether oxygens (including phenoxy) is 1. The quantitative estimate of drug-likeness (QED) is 0.798. The number of rotatable bonds is 6. The first kappa shape index (κ1) is 13.8. The first-order chi connectivity index (χ1) is 9.29. The van der Waals surface area contributed by atoms with Gasteiger partial charge in [-0.15, -0.1) is 0 Å². The van der Waals surface area contributed by atoms with E-state index in [1.54, 1.807) is 7.11 Å². The summed E-state index contributed by atoms with van der Waals surface area (Å²) in [6.07, 6.45) is 2.23. The zero-order chi connectivity index (χ0) is 13.5. The van der Waals surface area contributed by atoms with Crippen molar-refractivity contribution in [3.8, 4) is 0 Å². The van der Waals surface area contributed by atoms with Crippen LogP contribution in [0.3, 0.4) is 0 Å². The third kappa shape index (κ3) is 4.19. The van der Waals surface area contributed by atoms with Gasteiger partial charge in [0.1, 0.15) is 0 Å². The van der Waals surface area contributed by atoms with Crippen molar-refractivity contribution in [2.75, 3.05) is 26.8 Å².